The van der Waals surface area contributed by atoms with Crippen molar-refractivity contribution in [1.82, 2.24) is 4.89 Å². The predicted molar refractivity (Wildman–Crippen MR) is 77.0 cm³/mol. The van der Waals surface area contributed by atoms with Crippen LogP contribution in [-0.2, 0) is 14.9 Å². The maximum absolute atomic E-state index is 11.6. The Morgan fingerprint density at radius 1 is 1.05 bits per heavy atom. The van der Waals surface area contributed by atoms with Gasteiger partial charge in [-0.1, -0.05) is 37.0 Å². The summed E-state index contributed by atoms with van der Waals surface area (Å²) >= 11 is 0. The number of unbranched alkanes of at least 4 members (excludes halogenated alkanes) is 3. The SMILES string of the molecule is NCCCCCCS(=O)(=O)NOCC1CCCCC1. The molecule has 3 N–H and O–H groups in total. The number of hydrogen-bond acceptors (Lipinski definition) is 4. The summed E-state index contributed by atoms with van der Waals surface area (Å²) in [4.78, 5) is 7.40. The Morgan fingerprint density at radius 2 is 1.74 bits per heavy atom. The van der Waals surface area contributed by atoms with Gasteiger partial charge in [-0.3, -0.25) is 4.84 Å². The lowest BCUT2D eigenvalue weighted by molar-refractivity contribution is 0.0519. The first-order chi connectivity index (χ1) is 9.14. The average Bonchev–Trinajstić information content (AvgIpc) is 2.39. The van der Waals surface area contributed by atoms with Gasteiger partial charge < -0.3 is 5.73 Å². The van der Waals surface area contributed by atoms with Crippen LogP contribution in [0.3, 0.4) is 0 Å². The lowest BCUT2D eigenvalue weighted by Gasteiger charge is -2.20. The first-order valence-electron chi connectivity index (χ1n) is 7.45. The molecule has 0 aliphatic heterocycles. The maximum Gasteiger partial charge on any atom is 0.233 e. The summed E-state index contributed by atoms with van der Waals surface area (Å²) in [6.45, 7) is 1.18. The molecule has 0 saturated heterocycles. The molecule has 1 fully saturated rings. The van der Waals surface area contributed by atoms with Crippen molar-refractivity contribution in [3.63, 3.8) is 0 Å². The molecule has 114 valence electrons. The molecule has 0 radical (unpaired) electrons. The number of sulfonamides is 1. The van der Waals surface area contributed by atoms with Crippen molar-refractivity contribution < 1.29 is 13.3 Å². The van der Waals surface area contributed by atoms with Crippen LogP contribution >= 0.6 is 0 Å². The highest BCUT2D eigenvalue weighted by atomic mass is 32.2. The quantitative estimate of drug-likeness (QED) is 0.476. The van der Waals surface area contributed by atoms with Gasteiger partial charge in [-0.2, -0.15) is 0 Å². The minimum Gasteiger partial charge on any atom is -0.330 e. The van der Waals surface area contributed by atoms with Gasteiger partial charge in [0.05, 0.1) is 12.4 Å². The fourth-order valence-corrected chi connectivity index (χ4v) is 3.34. The number of hydrogen-bond donors (Lipinski definition) is 2. The van der Waals surface area contributed by atoms with Gasteiger partial charge in [-0.25, -0.2) is 8.42 Å². The van der Waals surface area contributed by atoms with Crippen LogP contribution in [0.4, 0.5) is 0 Å². The molecule has 6 heteroatoms. The molecule has 0 spiro atoms. The highest BCUT2D eigenvalue weighted by Gasteiger charge is 2.15. The fourth-order valence-electron chi connectivity index (χ4n) is 2.43. The molecule has 0 aromatic carbocycles. The second-order valence-electron chi connectivity index (χ2n) is 5.42. The standard InChI is InChI=1S/C13H28N2O3S/c14-10-6-1-2-7-11-19(16,17)15-18-12-13-8-4-3-5-9-13/h13,15H,1-12,14H2. The molecular weight excluding hydrogens is 264 g/mol. The minimum atomic E-state index is -3.27. The van der Waals surface area contributed by atoms with Gasteiger partial charge in [0.2, 0.25) is 10.0 Å². The summed E-state index contributed by atoms with van der Waals surface area (Å²) in [7, 11) is -3.27. The van der Waals surface area contributed by atoms with E-state index in [9.17, 15) is 8.42 Å². The van der Waals surface area contributed by atoms with Gasteiger partial charge in [-0.05, 0) is 38.1 Å². The van der Waals surface area contributed by atoms with Crippen LogP contribution in [0.5, 0.6) is 0 Å². The Hall–Kier alpha value is -0.170. The molecule has 1 aliphatic rings. The van der Waals surface area contributed by atoms with Crippen LogP contribution in [0.2, 0.25) is 0 Å². The van der Waals surface area contributed by atoms with Crippen molar-refractivity contribution in [3.8, 4) is 0 Å². The van der Waals surface area contributed by atoms with E-state index in [-0.39, 0.29) is 5.75 Å². The summed E-state index contributed by atoms with van der Waals surface area (Å²) in [5.41, 5.74) is 5.38. The number of nitrogens with one attached hydrogen (secondary N) is 1. The van der Waals surface area contributed by atoms with E-state index in [2.05, 4.69) is 4.89 Å². The molecule has 5 nitrogen and oxygen atoms in total. The van der Waals surface area contributed by atoms with E-state index in [1.165, 1.54) is 19.3 Å². The van der Waals surface area contributed by atoms with Crippen molar-refractivity contribution in [1.29, 1.82) is 0 Å². The Kier molecular flexibility index (Phi) is 8.61. The van der Waals surface area contributed by atoms with Gasteiger partial charge >= 0.3 is 0 Å². The summed E-state index contributed by atoms with van der Waals surface area (Å²) < 4.78 is 23.3. The third-order valence-corrected chi connectivity index (χ3v) is 4.79. The zero-order valence-corrected chi connectivity index (χ0v) is 12.6. The molecule has 1 saturated carbocycles. The van der Waals surface area contributed by atoms with Gasteiger partial charge in [0.1, 0.15) is 0 Å². The van der Waals surface area contributed by atoms with Gasteiger partial charge in [0.15, 0.2) is 0 Å². The van der Waals surface area contributed by atoms with Crippen LogP contribution in [0.1, 0.15) is 57.8 Å². The Balaban J connectivity index is 2.05. The van der Waals surface area contributed by atoms with E-state index in [4.69, 9.17) is 10.6 Å². The first kappa shape index (κ1) is 16.9. The fraction of sp³-hybridized carbons (Fsp3) is 1.00. The summed E-state index contributed by atoms with van der Waals surface area (Å²) in [6.07, 6.45) is 9.61. The van der Waals surface area contributed by atoms with E-state index in [0.717, 1.165) is 32.1 Å². The second kappa shape index (κ2) is 9.69. The third kappa shape index (κ3) is 8.57. The first-order valence-corrected chi connectivity index (χ1v) is 9.10. The highest BCUT2D eigenvalue weighted by Crippen LogP contribution is 2.23. The molecule has 0 aromatic heterocycles. The highest BCUT2D eigenvalue weighted by molar-refractivity contribution is 7.89. The van der Waals surface area contributed by atoms with E-state index in [1.54, 1.807) is 0 Å². The van der Waals surface area contributed by atoms with E-state index < -0.39 is 10.0 Å². The van der Waals surface area contributed by atoms with Crippen molar-refractivity contribution >= 4 is 10.0 Å². The van der Waals surface area contributed by atoms with Crippen LogP contribution in [-0.4, -0.2) is 27.3 Å². The van der Waals surface area contributed by atoms with Gasteiger partial charge in [0, 0.05) is 0 Å². The maximum atomic E-state index is 11.6. The molecule has 0 atom stereocenters. The molecule has 0 unspecified atom stereocenters. The average molecular weight is 292 g/mol. The van der Waals surface area contributed by atoms with Crippen LogP contribution in [0, 0.1) is 5.92 Å². The zero-order chi connectivity index (χ0) is 14.0. The van der Waals surface area contributed by atoms with E-state index in [1.807, 2.05) is 0 Å². The summed E-state index contributed by atoms with van der Waals surface area (Å²) in [5.74, 6) is 0.656. The molecule has 1 aliphatic carbocycles. The lowest BCUT2D eigenvalue weighted by atomic mass is 9.90. The second-order valence-corrected chi connectivity index (χ2v) is 7.22. The zero-order valence-electron chi connectivity index (χ0n) is 11.8. The Labute approximate surface area is 117 Å². The molecule has 0 amide bonds. The molecular formula is C13H28N2O3S. The van der Waals surface area contributed by atoms with Crippen molar-refractivity contribution in [3.05, 3.63) is 0 Å². The van der Waals surface area contributed by atoms with Gasteiger partial charge in [0.25, 0.3) is 0 Å². The largest absolute Gasteiger partial charge is 0.330 e. The minimum absolute atomic E-state index is 0.141. The number of rotatable bonds is 10. The van der Waals surface area contributed by atoms with E-state index >= 15 is 0 Å². The smallest absolute Gasteiger partial charge is 0.233 e. The van der Waals surface area contributed by atoms with Crippen LogP contribution in [0.25, 0.3) is 0 Å². The molecule has 1 rings (SSSR count). The Morgan fingerprint density at radius 3 is 2.42 bits per heavy atom. The predicted octanol–water partition coefficient (Wildman–Crippen LogP) is 1.94. The van der Waals surface area contributed by atoms with Crippen LogP contribution < -0.4 is 10.6 Å². The Bertz CT molecular complexity index is 314. The topological polar surface area (TPSA) is 81.4 Å². The van der Waals surface area contributed by atoms with Gasteiger partial charge in [-0.15, -0.1) is 0 Å². The molecule has 0 bridgehead atoms. The summed E-state index contributed by atoms with van der Waals surface area (Å²) in [5, 5.41) is 0. The van der Waals surface area contributed by atoms with Crippen molar-refractivity contribution in [2.75, 3.05) is 18.9 Å². The monoisotopic (exact) mass is 292 g/mol. The normalized spacial score (nSPS) is 17.7. The number of nitrogens with two attached hydrogens (primary N) is 1. The van der Waals surface area contributed by atoms with E-state index in [0.29, 0.717) is 25.5 Å². The molecule has 0 heterocycles. The summed E-state index contributed by atoms with van der Waals surface area (Å²) in [6, 6.07) is 0. The van der Waals surface area contributed by atoms with Crippen LogP contribution in [0.15, 0.2) is 0 Å². The van der Waals surface area contributed by atoms with Crippen molar-refractivity contribution in [2.24, 2.45) is 11.7 Å². The third-order valence-electron chi connectivity index (χ3n) is 3.60. The molecule has 19 heavy (non-hydrogen) atoms. The molecule has 0 aromatic rings. The van der Waals surface area contributed by atoms with Crippen molar-refractivity contribution in [2.45, 2.75) is 57.8 Å². The lowest BCUT2D eigenvalue weighted by Crippen LogP contribution is -2.29.